The Balaban J connectivity index is 2.05. The van der Waals surface area contributed by atoms with Gasteiger partial charge in [-0.15, -0.1) is 0 Å². The number of furan rings is 1. The molecule has 17 heavy (non-hydrogen) atoms. The van der Waals surface area contributed by atoms with Crippen LogP contribution in [-0.2, 0) is 16.7 Å². The van der Waals surface area contributed by atoms with Crippen molar-refractivity contribution < 1.29 is 9.15 Å². The molecule has 1 aromatic heterocycles. The van der Waals surface area contributed by atoms with Crippen molar-refractivity contribution in [2.75, 3.05) is 13.2 Å². The second kappa shape index (κ2) is 4.02. The Morgan fingerprint density at radius 3 is 2.65 bits per heavy atom. The van der Waals surface area contributed by atoms with E-state index < -0.39 is 0 Å². The summed E-state index contributed by atoms with van der Waals surface area (Å²) < 4.78 is 11.0. The Morgan fingerprint density at radius 1 is 1.18 bits per heavy atom. The summed E-state index contributed by atoms with van der Waals surface area (Å²) in [6.45, 7) is 1.91. The molecule has 0 unspecified atom stereocenters. The van der Waals surface area contributed by atoms with Crippen molar-refractivity contribution in [3.63, 3.8) is 0 Å². The van der Waals surface area contributed by atoms with Gasteiger partial charge < -0.3 is 14.9 Å². The van der Waals surface area contributed by atoms with Crippen LogP contribution >= 0.6 is 0 Å². The van der Waals surface area contributed by atoms with E-state index in [1.165, 1.54) is 5.56 Å². The molecule has 0 bridgehead atoms. The number of hydrogen-bond acceptors (Lipinski definition) is 3. The van der Waals surface area contributed by atoms with E-state index in [-0.39, 0.29) is 5.41 Å². The first kappa shape index (κ1) is 10.6. The highest BCUT2D eigenvalue weighted by atomic mass is 16.5. The van der Waals surface area contributed by atoms with E-state index in [4.69, 9.17) is 14.9 Å². The maximum atomic E-state index is 5.69. The molecule has 1 aromatic carbocycles. The monoisotopic (exact) mass is 229 g/mol. The van der Waals surface area contributed by atoms with Gasteiger partial charge in [-0.05, 0) is 23.3 Å². The SMILES string of the molecule is NCc1cccc(C2(c3ccco3)COC2)c1. The zero-order valence-electron chi connectivity index (χ0n) is 9.56. The normalized spacial score (nSPS) is 17.7. The summed E-state index contributed by atoms with van der Waals surface area (Å²) in [5.74, 6) is 0.970. The molecule has 2 N–H and O–H groups in total. The number of ether oxygens (including phenoxy) is 1. The molecule has 0 spiro atoms. The van der Waals surface area contributed by atoms with Gasteiger partial charge in [-0.2, -0.15) is 0 Å². The summed E-state index contributed by atoms with van der Waals surface area (Å²) in [5.41, 5.74) is 7.93. The van der Waals surface area contributed by atoms with Crippen LogP contribution in [0.3, 0.4) is 0 Å². The van der Waals surface area contributed by atoms with Crippen molar-refractivity contribution in [1.29, 1.82) is 0 Å². The first-order valence-corrected chi connectivity index (χ1v) is 5.76. The van der Waals surface area contributed by atoms with E-state index in [2.05, 4.69) is 12.1 Å². The predicted molar refractivity (Wildman–Crippen MR) is 64.6 cm³/mol. The zero-order valence-corrected chi connectivity index (χ0v) is 9.56. The molecule has 3 nitrogen and oxygen atoms in total. The van der Waals surface area contributed by atoms with Gasteiger partial charge in [0.05, 0.1) is 24.9 Å². The molecule has 1 fully saturated rings. The van der Waals surface area contributed by atoms with E-state index in [1.807, 2.05) is 24.3 Å². The lowest BCUT2D eigenvalue weighted by Crippen LogP contribution is -2.47. The van der Waals surface area contributed by atoms with Crippen LogP contribution in [-0.4, -0.2) is 13.2 Å². The lowest BCUT2D eigenvalue weighted by atomic mass is 9.76. The number of rotatable bonds is 3. The Labute approximate surface area is 100 Å². The van der Waals surface area contributed by atoms with Crippen LogP contribution in [0.15, 0.2) is 47.1 Å². The highest BCUT2D eigenvalue weighted by Gasteiger charge is 2.44. The van der Waals surface area contributed by atoms with E-state index in [1.54, 1.807) is 6.26 Å². The molecule has 0 amide bonds. The zero-order chi connectivity index (χ0) is 11.7. The van der Waals surface area contributed by atoms with E-state index >= 15 is 0 Å². The van der Waals surface area contributed by atoms with Gasteiger partial charge >= 0.3 is 0 Å². The van der Waals surface area contributed by atoms with Crippen LogP contribution in [0.25, 0.3) is 0 Å². The van der Waals surface area contributed by atoms with Gasteiger partial charge in [-0.1, -0.05) is 24.3 Å². The minimum absolute atomic E-state index is 0.116. The minimum Gasteiger partial charge on any atom is -0.468 e. The fraction of sp³-hybridized carbons (Fsp3) is 0.286. The maximum absolute atomic E-state index is 5.69. The van der Waals surface area contributed by atoms with Crippen molar-refractivity contribution in [1.82, 2.24) is 0 Å². The first-order chi connectivity index (χ1) is 8.35. The molecule has 3 heteroatoms. The quantitative estimate of drug-likeness (QED) is 0.876. The highest BCUT2D eigenvalue weighted by Crippen LogP contribution is 2.39. The Morgan fingerprint density at radius 2 is 2.06 bits per heavy atom. The Bertz CT molecular complexity index is 501. The molecule has 0 radical (unpaired) electrons. The van der Waals surface area contributed by atoms with Gasteiger partial charge in [-0.25, -0.2) is 0 Å². The average molecular weight is 229 g/mol. The van der Waals surface area contributed by atoms with Gasteiger partial charge in [-0.3, -0.25) is 0 Å². The van der Waals surface area contributed by atoms with E-state index in [9.17, 15) is 0 Å². The second-order valence-corrected chi connectivity index (χ2v) is 4.46. The molecular formula is C14H15NO2. The van der Waals surface area contributed by atoms with Crippen LogP contribution in [0.1, 0.15) is 16.9 Å². The smallest absolute Gasteiger partial charge is 0.118 e. The van der Waals surface area contributed by atoms with Crippen molar-refractivity contribution in [2.24, 2.45) is 5.73 Å². The summed E-state index contributed by atoms with van der Waals surface area (Å²) in [5, 5.41) is 0. The van der Waals surface area contributed by atoms with Gasteiger partial charge in [0.1, 0.15) is 5.76 Å². The Hall–Kier alpha value is -1.58. The van der Waals surface area contributed by atoms with Gasteiger partial charge in [0.25, 0.3) is 0 Å². The lowest BCUT2D eigenvalue weighted by Gasteiger charge is -2.40. The third-order valence-electron chi connectivity index (χ3n) is 3.41. The van der Waals surface area contributed by atoms with Crippen molar-refractivity contribution in [3.8, 4) is 0 Å². The molecule has 0 aliphatic carbocycles. The van der Waals surface area contributed by atoms with Crippen LogP contribution in [0.5, 0.6) is 0 Å². The molecule has 0 atom stereocenters. The van der Waals surface area contributed by atoms with Gasteiger partial charge in [0.15, 0.2) is 0 Å². The molecular weight excluding hydrogens is 214 g/mol. The lowest BCUT2D eigenvalue weighted by molar-refractivity contribution is -0.0476. The number of benzene rings is 1. The molecule has 1 aliphatic heterocycles. The predicted octanol–water partition coefficient (Wildman–Crippen LogP) is 2.05. The van der Waals surface area contributed by atoms with Crippen LogP contribution in [0.4, 0.5) is 0 Å². The van der Waals surface area contributed by atoms with Crippen LogP contribution in [0, 0.1) is 0 Å². The van der Waals surface area contributed by atoms with Crippen molar-refractivity contribution in [3.05, 3.63) is 59.5 Å². The second-order valence-electron chi connectivity index (χ2n) is 4.46. The van der Waals surface area contributed by atoms with Crippen molar-refractivity contribution in [2.45, 2.75) is 12.0 Å². The molecule has 88 valence electrons. The molecule has 1 aliphatic rings. The third-order valence-corrected chi connectivity index (χ3v) is 3.41. The summed E-state index contributed by atoms with van der Waals surface area (Å²) in [6.07, 6.45) is 1.71. The molecule has 2 heterocycles. The fourth-order valence-electron chi connectivity index (χ4n) is 2.30. The Kier molecular flexibility index (Phi) is 2.50. The highest BCUT2D eigenvalue weighted by molar-refractivity contribution is 5.39. The van der Waals surface area contributed by atoms with Gasteiger partial charge in [0, 0.05) is 6.54 Å². The average Bonchev–Trinajstić information content (AvgIpc) is 2.82. The van der Waals surface area contributed by atoms with E-state index in [0.29, 0.717) is 19.8 Å². The topological polar surface area (TPSA) is 48.4 Å². The summed E-state index contributed by atoms with van der Waals surface area (Å²) in [4.78, 5) is 0. The fourth-order valence-corrected chi connectivity index (χ4v) is 2.30. The minimum atomic E-state index is -0.116. The van der Waals surface area contributed by atoms with Crippen LogP contribution < -0.4 is 5.73 Å². The summed E-state index contributed by atoms with van der Waals surface area (Å²) in [7, 11) is 0. The largest absolute Gasteiger partial charge is 0.468 e. The number of nitrogens with two attached hydrogens (primary N) is 1. The maximum Gasteiger partial charge on any atom is 0.118 e. The molecule has 0 saturated carbocycles. The molecule has 3 rings (SSSR count). The standard InChI is InChI=1S/C14H15NO2/c15-8-11-3-1-4-12(7-11)14(9-16-10-14)13-5-2-6-17-13/h1-7H,8-10,15H2. The third kappa shape index (κ3) is 1.59. The number of hydrogen-bond donors (Lipinski definition) is 1. The molecule has 2 aromatic rings. The van der Waals surface area contributed by atoms with E-state index in [0.717, 1.165) is 11.3 Å². The van der Waals surface area contributed by atoms with Crippen molar-refractivity contribution >= 4 is 0 Å². The van der Waals surface area contributed by atoms with Crippen LogP contribution in [0.2, 0.25) is 0 Å². The summed E-state index contributed by atoms with van der Waals surface area (Å²) >= 11 is 0. The molecule has 1 saturated heterocycles. The first-order valence-electron chi connectivity index (χ1n) is 5.76. The summed E-state index contributed by atoms with van der Waals surface area (Å²) in [6, 6.07) is 12.3. The van der Waals surface area contributed by atoms with Gasteiger partial charge in [0.2, 0.25) is 0 Å².